The van der Waals surface area contributed by atoms with Crippen LogP contribution in [0.1, 0.15) is 17.2 Å². The quantitative estimate of drug-likeness (QED) is 0.688. The van der Waals surface area contributed by atoms with Crippen molar-refractivity contribution in [2.75, 3.05) is 31.1 Å². The fourth-order valence-electron chi connectivity index (χ4n) is 3.56. The first-order chi connectivity index (χ1) is 13.8. The number of hydrogen-bond acceptors (Lipinski definition) is 5. The molecular weight excluding hydrogens is 350 g/mol. The molecule has 0 N–H and O–H groups in total. The van der Waals surface area contributed by atoms with Crippen LogP contribution in [0, 0.1) is 0 Å². The molecule has 3 aromatic rings. The first-order valence-electron chi connectivity index (χ1n) is 9.57. The minimum absolute atomic E-state index is 0.158. The van der Waals surface area contributed by atoms with Crippen molar-refractivity contribution in [2.45, 2.75) is 12.3 Å². The molecular formula is C22H23N5O. The number of hydrogen-bond donors (Lipinski definition) is 0. The molecule has 1 saturated heterocycles. The Morgan fingerprint density at radius 3 is 2.18 bits per heavy atom. The average Bonchev–Trinajstić information content (AvgIpc) is 2.79. The topological polar surface area (TPSA) is 62.2 Å². The number of benzene rings is 1. The number of anilines is 1. The molecule has 1 amide bonds. The van der Waals surface area contributed by atoms with E-state index in [1.54, 1.807) is 18.6 Å². The Morgan fingerprint density at radius 2 is 1.50 bits per heavy atom. The van der Waals surface area contributed by atoms with Crippen LogP contribution in [0.2, 0.25) is 0 Å². The summed E-state index contributed by atoms with van der Waals surface area (Å²) in [5.74, 6) is 0.656. The molecule has 0 aliphatic carbocycles. The summed E-state index contributed by atoms with van der Waals surface area (Å²) >= 11 is 0. The molecule has 0 saturated carbocycles. The van der Waals surface area contributed by atoms with Gasteiger partial charge < -0.3 is 9.80 Å². The van der Waals surface area contributed by atoms with E-state index in [0.717, 1.165) is 30.3 Å². The SMILES string of the molecule is O=C(C(Cc1ccccn1)c1ccccc1)N1CCN(c2ncccn2)CC1. The van der Waals surface area contributed by atoms with Gasteiger partial charge in [0.1, 0.15) is 0 Å². The largest absolute Gasteiger partial charge is 0.339 e. The van der Waals surface area contributed by atoms with Crippen LogP contribution < -0.4 is 4.90 Å². The van der Waals surface area contributed by atoms with E-state index in [9.17, 15) is 4.79 Å². The smallest absolute Gasteiger partial charge is 0.230 e. The summed E-state index contributed by atoms with van der Waals surface area (Å²) in [7, 11) is 0. The number of carbonyl (C=O) groups excluding carboxylic acids is 1. The molecule has 4 rings (SSSR count). The van der Waals surface area contributed by atoms with Crippen molar-refractivity contribution in [3.63, 3.8) is 0 Å². The standard InChI is InChI=1S/C22H23N5O/c28-21(26-13-15-27(16-14-26)22-24-11-6-12-25-22)20(18-7-2-1-3-8-18)17-19-9-4-5-10-23-19/h1-12,20H,13-17H2. The molecule has 1 aromatic carbocycles. The zero-order chi connectivity index (χ0) is 19.2. The van der Waals surface area contributed by atoms with Crippen LogP contribution in [0.25, 0.3) is 0 Å². The summed E-state index contributed by atoms with van der Waals surface area (Å²) in [6, 6.07) is 17.7. The molecule has 0 spiro atoms. The van der Waals surface area contributed by atoms with E-state index in [1.807, 2.05) is 59.5 Å². The lowest BCUT2D eigenvalue weighted by atomic mass is 9.92. The third kappa shape index (κ3) is 4.17. The first-order valence-corrected chi connectivity index (χ1v) is 9.57. The van der Waals surface area contributed by atoms with Crippen molar-refractivity contribution in [1.82, 2.24) is 19.9 Å². The van der Waals surface area contributed by atoms with Gasteiger partial charge in [0.2, 0.25) is 11.9 Å². The zero-order valence-electron chi connectivity index (χ0n) is 15.7. The molecule has 6 nitrogen and oxygen atoms in total. The lowest BCUT2D eigenvalue weighted by molar-refractivity contribution is -0.133. The molecule has 2 aromatic heterocycles. The van der Waals surface area contributed by atoms with Gasteiger partial charge in [0.15, 0.2) is 0 Å². The summed E-state index contributed by atoms with van der Waals surface area (Å²) in [5.41, 5.74) is 1.97. The molecule has 0 radical (unpaired) electrons. The van der Waals surface area contributed by atoms with Crippen LogP contribution in [0.5, 0.6) is 0 Å². The second-order valence-corrected chi connectivity index (χ2v) is 6.85. The van der Waals surface area contributed by atoms with E-state index in [-0.39, 0.29) is 11.8 Å². The first kappa shape index (κ1) is 18.1. The molecule has 1 aliphatic heterocycles. The molecule has 1 atom stereocenters. The zero-order valence-corrected chi connectivity index (χ0v) is 15.7. The van der Waals surface area contributed by atoms with Gasteiger partial charge in [0.05, 0.1) is 5.92 Å². The van der Waals surface area contributed by atoms with E-state index < -0.39 is 0 Å². The maximum absolute atomic E-state index is 13.4. The predicted molar refractivity (Wildman–Crippen MR) is 108 cm³/mol. The van der Waals surface area contributed by atoms with Crippen molar-refractivity contribution < 1.29 is 4.79 Å². The van der Waals surface area contributed by atoms with Crippen LogP contribution in [-0.2, 0) is 11.2 Å². The van der Waals surface area contributed by atoms with Crippen LogP contribution >= 0.6 is 0 Å². The number of piperazine rings is 1. The van der Waals surface area contributed by atoms with Crippen molar-refractivity contribution in [2.24, 2.45) is 0 Å². The predicted octanol–water partition coefficient (Wildman–Crippen LogP) is 2.55. The number of carbonyl (C=O) groups is 1. The summed E-state index contributed by atoms with van der Waals surface area (Å²) < 4.78 is 0. The van der Waals surface area contributed by atoms with E-state index in [2.05, 4.69) is 19.9 Å². The highest BCUT2D eigenvalue weighted by atomic mass is 16.2. The van der Waals surface area contributed by atoms with Crippen molar-refractivity contribution in [3.05, 3.63) is 84.4 Å². The summed E-state index contributed by atoms with van der Waals surface area (Å²) in [5, 5.41) is 0. The van der Waals surface area contributed by atoms with E-state index >= 15 is 0 Å². The van der Waals surface area contributed by atoms with Gasteiger partial charge in [-0.05, 0) is 23.8 Å². The Kier molecular flexibility index (Phi) is 5.56. The number of pyridine rings is 1. The molecule has 6 heteroatoms. The fraction of sp³-hybridized carbons (Fsp3) is 0.273. The normalized spacial score (nSPS) is 15.3. The van der Waals surface area contributed by atoms with Gasteiger partial charge in [0, 0.05) is 56.9 Å². The van der Waals surface area contributed by atoms with Gasteiger partial charge in [-0.2, -0.15) is 0 Å². The Balaban J connectivity index is 1.48. The highest BCUT2D eigenvalue weighted by Gasteiger charge is 2.29. The van der Waals surface area contributed by atoms with E-state index in [1.165, 1.54) is 0 Å². The van der Waals surface area contributed by atoms with E-state index in [0.29, 0.717) is 19.5 Å². The van der Waals surface area contributed by atoms with Crippen LogP contribution in [-0.4, -0.2) is 51.9 Å². The molecule has 142 valence electrons. The van der Waals surface area contributed by atoms with Gasteiger partial charge in [-0.15, -0.1) is 0 Å². The maximum atomic E-state index is 13.4. The second-order valence-electron chi connectivity index (χ2n) is 6.85. The highest BCUT2D eigenvalue weighted by molar-refractivity contribution is 5.84. The Hall–Kier alpha value is -3.28. The molecule has 1 fully saturated rings. The molecule has 1 aliphatic rings. The fourth-order valence-corrected chi connectivity index (χ4v) is 3.56. The summed E-state index contributed by atoms with van der Waals surface area (Å²) in [6.07, 6.45) is 5.88. The monoisotopic (exact) mass is 373 g/mol. The minimum Gasteiger partial charge on any atom is -0.339 e. The lowest BCUT2D eigenvalue weighted by Gasteiger charge is -2.36. The van der Waals surface area contributed by atoms with Crippen LogP contribution in [0.3, 0.4) is 0 Å². The van der Waals surface area contributed by atoms with Gasteiger partial charge in [0.25, 0.3) is 0 Å². The Bertz CT molecular complexity index is 881. The molecule has 28 heavy (non-hydrogen) atoms. The number of nitrogens with zero attached hydrogens (tertiary/aromatic N) is 5. The number of amides is 1. The number of rotatable bonds is 5. The number of aromatic nitrogens is 3. The van der Waals surface area contributed by atoms with Crippen LogP contribution in [0.15, 0.2) is 73.2 Å². The van der Waals surface area contributed by atoms with Gasteiger partial charge in [-0.3, -0.25) is 9.78 Å². The maximum Gasteiger partial charge on any atom is 0.230 e. The third-order valence-corrected chi connectivity index (χ3v) is 5.07. The third-order valence-electron chi connectivity index (χ3n) is 5.07. The van der Waals surface area contributed by atoms with Gasteiger partial charge >= 0.3 is 0 Å². The second kappa shape index (κ2) is 8.61. The van der Waals surface area contributed by atoms with E-state index in [4.69, 9.17) is 0 Å². The summed E-state index contributed by atoms with van der Waals surface area (Å²) in [4.78, 5) is 30.5. The Labute approximate surface area is 164 Å². The van der Waals surface area contributed by atoms with Crippen molar-refractivity contribution >= 4 is 11.9 Å². The van der Waals surface area contributed by atoms with Crippen molar-refractivity contribution in [3.8, 4) is 0 Å². The highest BCUT2D eigenvalue weighted by Crippen LogP contribution is 2.24. The Morgan fingerprint density at radius 1 is 0.821 bits per heavy atom. The van der Waals surface area contributed by atoms with Crippen LogP contribution in [0.4, 0.5) is 5.95 Å². The lowest BCUT2D eigenvalue weighted by Crippen LogP contribution is -2.50. The minimum atomic E-state index is -0.226. The van der Waals surface area contributed by atoms with Gasteiger partial charge in [-0.1, -0.05) is 36.4 Å². The molecule has 0 bridgehead atoms. The molecule has 1 unspecified atom stereocenters. The average molecular weight is 373 g/mol. The molecule has 3 heterocycles. The van der Waals surface area contributed by atoms with Gasteiger partial charge in [-0.25, -0.2) is 9.97 Å². The van der Waals surface area contributed by atoms with Crippen molar-refractivity contribution in [1.29, 1.82) is 0 Å². The summed E-state index contributed by atoms with van der Waals surface area (Å²) in [6.45, 7) is 2.81.